The van der Waals surface area contributed by atoms with Crippen molar-refractivity contribution in [3.8, 4) is 0 Å². The zero-order chi connectivity index (χ0) is 28.2. The number of urea groups is 1. The Balaban J connectivity index is 1.50. The summed E-state index contributed by atoms with van der Waals surface area (Å²) in [7, 11) is 0. The Morgan fingerprint density at radius 2 is 1.27 bits per heavy atom. The fourth-order valence-electron chi connectivity index (χ4n) is 5.44. The van der Waals surface area contributed by atoms with Crippen LogP contribution in [0.5, 0.6) is 0 Å². The third-order valence-electron chi connectivity index (χ3n) is 7.38. The molecule has 2 amide bonds. The van der Waals surface area contributed by atoms with E-state index < -0.39 is 5.54 Å². The Bertz CT molecular complexity index is 1670. The summed E-state index contributed by atoms with van der Waals surface area (Å²) in [6.45, 7) is 1.94. The first kappa shape index (κ1) is 25.8. The first-order valence-corrected chi connectivity index (χ1v) is 13.5. The molecule has 6 aromatic rings. The molecule has 2 aromatic heterocycles. The number of nitrogens with two attached hydrogens (primary N) is 1. The van der Waals surface area contributed by atoms with Gasteiger partial charge in [0.25, 0.3) is 0 Å². The molecule has 0 saturated heterocycles. The summed E-state index contributed by atoms with van der Waals surface area (Å²) >= 11 is 0. The van der Waals surface area contributed by atoms with Crippen LogP contribution in [0.4, 0.5) is 16.4 Å². The first-order valence-electron chi connectivity index (χ1n) is 13.5. The molecule has 2 heterocycles. The number of amides is 2. The van der Waals surface area contributed by atoms with Gasteiger partial charge in [0.15, 0.2) is 5.82 Å². The number of nitrogens with zero attached hydrogens (tertiary/aromatic N) is 3. The Labute approximate surface area is 238 Å². The van der Waals surface area contributed by atoms with Crippen molar-refractivity contribution < 1.29 is 4.79 Å². The molecular formula is C34H30N6O. The van der Waals surface area contributed by atoms with Gasteiger partial charge in [-0.1, -0.05) is 121 Å². The molecule has 1 atom stereocenters. The van der Waals surface area contributed by atoms with Crippen molar-refractivity contribution in [3.63, 3.8) is 0 Å². The van der Waals surface area contributed by atoms with E-state index in [4.69, 9.17) is 10.8 Å². The van der Waals surface area contributed by atoms with E-state index in [9.17, 15) is 4.79 Å². The van der Waals surface area contributed by atoms with Crippen LogP contribution in [0.1, 0.15) is 35.2 Å². The van der Waals surface area contributed by atoms with E-state index in [0.29, 0.717) is 17.0 Å². The minimum absolute atomic E-state index is 0.178. The van der Waals surface area contributed by atoms with Crippen LogP contribution >= 0.6 is 0 Å². The van der Waals surface area contributed by atoms with Crippen molar-refractivity contribution in [3.05, 3.63) is 156 Å². The maximum absolute atomic E-state index is 13.0. The molecule has 0 aliphatic heterocycles. The molecular weight excluding hydrogens is 508 g/mol. The average molecular weight is 539 g/mol. The number of rotatable bonds is 7. The summed E-state index contributed by atoms with van der Waals surface area (Å²) in [6.07, 6.45) is 1.66. The molecule has 7 heteroatoms. The van der Waals surface area contributed by atoms with Crippen molar-refractivity contribution in [2.45, 2.75) is 18.5 Å². The Morgan fingerprint density at radius 1 is 0.780 bits per heavy atom. The molecule has 0 saturated carbocycles. The predicted molar refractivity (Wildman–Crippen MR) is 164 cm³/mol. The number of carbonyl (C=O) groups is 1. The van der Waals surface area contributed by atoms with Crippen LogP contribution in [-0.4, -0.2) is 20.8 Å². The molecule has 0 bridgehead atoms. The van der Waals surface area contributed by atoms with Crippen molar-refractivity contribution >= 4 is 28.6 Å². The van der Waals surface area contributed by atoms with Gasteiger partial charge in [-0.15, -0.1) is 0 Å². The lowest BCUT2D eigenvalue weighted by atomic mass is 9.77. The molecule has 0 spiro atoms. The number of nitrogen functional groups attached to an aromatic ring is 1. The van der Waals surface area contributed by atoms with Gasteiger partial charge in [-0.2, -0.15) is 5.10 Å². The van der Waals surface area contributed by atoms with Crippen LogP contribution in [0, 0.1) is 0 Å². The van der Waals surface area contributed by atoms with E-state index in [1.54, 1.807) is 6.20 Å². The Morgan fingerprint density at radius 3 is 1.78 bits per heavy atom. The van der Waals surface area contributed by atoms with E-state index >= 15 is 0 Å². The fourth-order valence-corrected chi connectivity index (χ4v) is 5.44. The minimum atomic E-state index is -0.859. The molecule has 41 heavy (non-hydrogen) atoms. The highest BCUT2D eigenvalue weighted by Crippen LogP contribution is 2.43. The molecule has 0 aliphatic rings. The highest BCUT2D eigenvalue weighted by molar-refractivity contribution is 5.94. The van der Waals surface area contributed by atoms with Gasteiger partial charge >= 0.3 is 6.03 Å². The summed E-state index contributed by atoms with van der Waals surface area (Å²) in [5, 5.41) is 11.5. The van der Waals surface area contributed by atoms with E-state index in [1.165, 1.54) is 0 Å². The second kappa shape index (κ2) is 11.0. The highest BCUT2D eigenvalue weighted by atomic mass is 16.2. The first-order chi connectivity index (χ1) is 20.1. The third kappa shape index (κ3) is 4.78. The average Bonchev–Trinajstić information content (AvgIpc) is 3.35. The lowest BCUT2D eigenvalue weighted by Crippen LogP contribution is -2.38. The molecule has 0 radical (unpaired) electrons. The predicted octanol–water partition coefficient (Wildman–Crippen LogP) is 6.74. The summed E-state index contributed by atoms with van der Waals surface area (Å²) in [5.41, 5.74) is 10.5. The summed E-state index contributed by atoms with van der Waals surface area (Å²) in [6, 6.07) is 41.9. The molecule has 4 N–H and O–H groups in total. The van der Waals surface area contributed by atoms with Crippen LogP contribution < -0.4 is 16.4 Å². The van der Waals surface area contributed by atoms with Crippen LogP contribution in [0.15, 0.2) is 134 Å². The second-order valence-corrected chi connectivity index (χ2v) is 9.92. The quantitative estimate of drug-likeness (QED) is 0.196. The summed E-state index contributed by atoms with van der Waals surface area (Å²) < 4.78 is 1.95. The number of hydrogen-bond donors (Lipinski definition) is 3. The van der Waals surface area contributed by atoms with Gasteiger partial charge in [0.2, 0.25) is 0 Å². The van der Waals surface area contributed by atoms with Gasteiger partial charge < -0.3 is 11.1 Å². The zero-order valence-electron chi connectivity index (χ0n) is 22.6. The highest BCUT2D eigenvalue weighted by Gasteiger charge is 2.40. The van der Waals surface area contributed by atoms with Crippen LogP contribution in [0.2, 0.25) is 0 Å². The number of pyridine rings is 1. The summed E-state index contributed by atoms with van der Waals surface area (Å²) in [5.74, 6) is 0.743. The van der Waals surface area contributed by atoms with Crippen molar-refractivity contribution in [2.24, 2.45) is 0 Å². The molecule has 7 nitrogen and oxygen atoms in total. The normalized spacial score (nSPS) is 12.1. The number of carbonyl (C=O) groups excluding carboxylic acids is 1. The van der Waals surface area contributed by atoms with E-state index in [2.05, 4.69) is 52.0 Å². The Hall–Kier alpha value is -5.43. The van der Waals surface area contributed by atoms with Crippen LogP contribution in [0.3, 0.4) is 0 Å². The van der Waals surface area contributed by atoms with Crippen molar-refractivity contribution in [1.29, 1.82) is 0 Å². The van der Waals surface area contributed by atoms with E-state index in [1.807, 2.05) is 103 Å². The number of aromatic nitrogens is 3. The number of fused-ring (bicyclic) bond motifs is 1. The topological polar surface area (TPSA) is 97.9 Å². The number of hydrogen-bond acceptors (Lipinski definition) is 4. The van der Waals surface area contributed by atoms with Gasteiger partial charge in [-0.05, 0) is 29.2 Å². The fraction of sp³-hybridized carbons (Fsp3) is 0.0882. The second-order valence-electron chi connectivity index (χ2n) is 9.92. The standard InChI is InChI=1S/C34H30N6O/c1-24(25-14-6-2-7-15-25)37-33(41)38-31-22-30-29(23-36-31)32(35)39-40(30)34(26-16-8-3-9-17-26,27-18-10-4-11-19-27)28-20-12-5-13-21-28/h2-24H,1H3,(H2,35,39)(H2,36,37,38,41). The zero-order valence-corrected chi connectivity index (χ0v) is 22.6. The maximum atomic E-state index is 13.0. The molecule has 202 valence electrons. The van der Waals surface area contributed by atoms with Crippen LogP contribution in [-0.2, 0) is 5.54 Å². The molecule has 6 rings (SSSR count). The maximum Gasteiger partial charge on any atom is 0.320 e. The Kier molecular flexibility index (Phi) is 6.92. The molecule has 4 aromatic carbocycles. The smallest absolute Gasteiger partial charge is 0.320 e. The monoisotopic (exact) mass is 538 g/mol. The molecule has 0 fully saturated rings. The van der Waals surface area contributed by atoms with Gasteiger partial charge in [0, 0.05) is 12.3 Å². The number of nitrogens with one attached hydrogen (secondary N) is 2. The largest absolute Gasteiger partial charge is 0.382 e. The van der Waals surface area contributed by atoms with E-state index in [0.717, 1.165) is 27.8 Å². The number of benzene rings is 4. The SMILES string of the molecule is CC(NC(=O)Nc1cc2c(cn1)c(N)nn2C(c1ccccc1)(c1ccccc1)c1ccccc1)c1ccccc1. The van der Waals surface area contributed by atoms with Gasteiger partial charge in [0.1, 0.15) is 11.4 Å². The van der Waals surface area contributed by atoms with Gasteiger partial charge in [-0.3, -0.25) is 5.32 Å². The molecule has 1 unspecified atom stereocenters. The summed E-state index contributed by atoms with van der Waals surface area (Å²) in [4.78, 5) is 17.5. The van der Waals surface area contributed by atoms with E-state index in [-0.39, 0.29) is 12.1 Å². The lowest BCUT2D eigenvalue weighted by molar-refractivity contribution is 0.249. The number of anilines is 2. The van der Waals surface area contributed by atoms with Gasteiger partial charge in [0.05, 0.1) is 16.9 Å². The third-order valence-corrected chi connectivity index (χ3v) is 7.38. The van der Waals surface area contributed by atoms with Crippen molar-refractivity contribution in [1.82, 2.24) is 20.1 Å². The van der Waals surface area contributed by atoms with Gasteiger partial charge in [-0.25, -0.2) is 14.5 Å². The van der Waals surface area contributed by atoms with Crippen molar-refractivity contribution in [2.75, 3.05) is 11.1 Å². The lowest BCUT2D eigenvalue weighted by Gasteiger charge is -2.37. The minimum Gasteiger partial charge on any atom is -0.382 e. The molecule has 0 aliphatic carbocycles. The van der Waals surface area contributed by atoms with Crippen LogP contribution in [0.25, 0.3) is 10.9 Å².